The van der Waals surface area contributed by atoms with Crippen molar-refractivity contribution in [3.8, 4) is 5.75 Å². The van der Waals surface area contributed by atoms with Crippen LogP contribution in [-0.4, -0.2) is 23.7 Å². The Kier molecular flexibility index (Phi) is 7.12. The molecule has 7 heteroatoms. The van der Waals surface area contributed by atoms with Gasteiger partial charge in [-0.25, -0.2) is 0 Å². The lowest BCUT2D eigenvalue weighted by atomic mass is 9.86. The highest BCUT2D eigenvalue weighted by molar-refractivity contribution is 7.80. The number of hydrogen-bond donors (Lipinski definition) is 3. The number of hydrogen-bond acceptors (Lipinski definition) is 3. The highest BCUT2D eigenvalue weighted by Gasteiger charge is 2.21. The topological polar surface area (TPSA) is 62.4 Å². The van der Waals surface area contributed by atoms with Gasteiger partial charge < -0.3 is 10.1 Å². The largest absolute Gasteiger partial charge is 0.484 e. The van der Waals surface area contributed by atoms with Crippen molar-refractivity contribution in [1.82, 2.24) is 16.2 Å². The molecule has 2 atom stereocenters. The molecule has 1 aromatic rings. The molecule has 0 spiro atoms. The molecule has 3 N–H and O–H groups in total. The van der Waals surface area contributed by atoms with Gasteiger partial charge in [0.15, 0.2) is 11.7 Å². The van der Waals surface area contributed by atoms with Gasteiger partial charge in [-0.2, -0.15) is 0 Å². The van der Waals surface area contributed by atoms with E-state index in [1.807, 2.05) is 6.92 Å². The van der Waals surface area contributed by atoms with E-state index in [1.165, 1.54) is 19.3 Å². The van der Waals surface area contributed by atoms with E-state index in [4.69, 9.17) is 28.6 Å². The SMILES string of the molecule is Cc1cc(OCC(=O)NNC(=S)N[C@@H]2CCCC[C@H]2C)ccc1Cl. The van der Waals surface area contributed by atoms with Gasteiger partial charge in [-0.05, 0) is 61.7 Å². The summed E-state index contributed by atoms with van der Waals surface area (Å²) in [6.45, 7) is 4.00. The molecule has 1 aromatic carbocycles. The third kappa shape index (κ3) is 5.83. The lowest BCUT2D eigenvalue weighted by Crippen LogP contribution is -2.52. The fourth-order valence-corrected chi connectivity index (χ4v) is 3.07. The van der Waals surface area contributed by atoms with Gasteiger partial charge in [0.25, 0.3) is 5.91 Å². The first-order chi connectivity index (χ1) is 11.5. The number of halogens is 1. The molecule has 5 nitrogen and oxygen atoms in total. The maximum absolute atomic E-state index is 11.8. The molecule has 0 saturated heterocycles. The van der Waals surface area contributed by atoms with Gasteiger partial charge in [-0.1, -0.05) is 31.4 Å². The Bertz CT molecular complexity index is 597. The van der Waals surface area contributed by atoms with Crippen LogP contribution in [0, 0.1) is 12.8 Å². The van der Waals surface area contributed by atoms with Crippen molar-refractivity contribution in [3.05, 3.63) is 28.8 Å². The Balaban J connectivity index is 1.68. The maximum atomic E-state index is 11.8. The summed E-state index contributed by atoms with van der Waals surface area (Å²) in [4.78, 5) is 11.8. The molecule has 0 heterocycles. The second kappa shape index (κ2) is 9.08. The third-order valence-corrected chi connectivity index (χ3v) is 4.89. The van der Waals surface area contributed by atoms with E-state index >= 15 is 0 Å². The van der Waals surface area contributed by atoms with Crippen LogP contribution in [0.2, 0.25) is 5.02 Å². The van der Waals surface area contributed by atoms with Gasteiger partial charge in [-0.3, -0.25) is 15.6 Å². The monoisotopic (exact) mass is 369 g/mol. The van der Waals surface area contributed by atoms with Gasteiger partial charge in [0.05, 0.1) is 0 Å². The Morgan fingerprint density at radius 3 is 2.79 bits per heavy atom. The van der Waals surface area contributed by atoms with Gasteiger partial charge in [0.1, 0.15) is 5.75 Å². The summed E-state index contributed by atoms with van der Waals surface area (Å²) >= 11 is 11.2. The number of carbonyl (C=O) groups excluding carboxylic acids is 1. The number of amides is 1. The summed E-state index contributed by atoms with van der Waals surface area (Å²) < 4.78 is 5.43. The van der Waals surface area contributed by atoms with E-state index in [0.29, 0.717) is 27.8 Å². The smallest absolute Gasteiger partial charge is 0.276 e. The summed E-state index contributed by atoms with van der Waals surface area (Å²) in [5, 5.41) is 4.36. The van der Waals surface area contributed by atoms with Crippen LogP contribution in [0.15, 0.2) is 18.2 Å². The van der Waals surface area contributed by atoms with Crippen LogP contribution in [0.25, 0.3) is 0 Å². The molecular weight excluding hydrogens is 346 g/mol. The van der Waals surface area contributed by atoms with Gasteiger partial charge in [0, 0.05) is 11.1 Å². The van der Waals surface area contributed by atoms with E-state index in [0.717, 1.165) is 12.0 Å². The normalized spacial score (nSPS) is 20.1. The summed E-state index contributed by atoms with van der Waals surface area (Å²) in [6, 6.07) is 5.63. The lowest BCUT2D eigenvalue weighted by Gasteiger charge is -2.30. The first-order valence-electron chi connectivity index (χ1n) is 8.20. The molecule has 1 aliphatic rings. The molecule has 0 unspecified atom stereocenters. The van der Waals surface area contributed by atoms with Crippen molar-refractivity contribution in [3.63, 3.8) is 0 Å². The van der Waals surface area contributed by atoms with Gasteiger partial charge >= 0.3 is 0 Å². The average molecular weight is 370 g/mol. The van der Waals surface area contributed by atoms with Crippen LogP contribution in [0.3, 0.4) is 0 Å². The van der Waals surface area contributed by atoms with Crippen LogP contribution in [0.4, 0.5) is 0 Å². The molecule has 2 rings (SSSR count). The van der Waals surface area contributed by atoms with Gasteiger partial charge in [-0.15, -0.1) is 0 Å². The highest BCUT2D eigenvalue weighted by atomic mass is 35.5. The number of rotatable bonds is 4. The zero-order chi connectivity index (χ0) is 17.5. The number of carbonyl (C=O) groups is 1. The van der Waals surface area contributed by atoms with E-state index in [2.05, 4.69) is 23.1 Å². The van der Waals surface area contributed by atoms with Crippen LogP contribution in [0.1, 0.15) is 38.2 Å². The number of nitrogens with one attached hydrogen (secondary N) is 3. The molecule has 1 aliphatic carbocycles. The fraction of sp³-hybridized carbons (Fsp3) is 0.529. The first-order valence-corrected chi connectivity index (χ1v) is 8.98. The third-order valence-electron chi connectivity index (χ3n) is 4.24. The number of thiocarbonyl (C=S) groups is 1. The van der Waals surface area contributed by atoms with E-state index in [-0.39, 0.29) is 12.5 Å². The van der Waals surface area contributed by atoms with E-state index in [9.17, 15) is 4.79 Å². The minimum Gasteiger partial charge on any atom is -0.484 e. The molecule has 0 radical (unpaired) electrons. The summed E-state index contributed by atoms with van der Waals surface area (Å²) in [6.07, 6.45) is 4.81. The van der Waals surface area contributed by atoms with E-state index in [1.54, 1.807) is 18.2 Å². The Hall–Kier alpha value is -1.53. The molecular formula is C17H24ClN3O2S. The molecule has 24 heavy (non-hydrogen) atoms. The molecule has 0 aromatic heterocycles. The van der Waals surface area contributed by atoms with Gasteiger partial charge in [0.2, 0.25) is 0 Å². The highest BCUT2D eigenvalue weighted by Crippen LogP contribution is 2.23. The summed E-state index contributed by atoms with van der Waals surface area (Å²) in [5.41, 5.74) is 6.17. The molecule has 132 valence electrons. The standard InChI is InChI=1S/C17H24ClN3O2S/c1-11-5-3-4-6-15(11)19-17(24)21-20-16(22)10-23-13-7-8-14(18)12(2)9-13/h7-9,11,15H,3-6,10H2,1-2H3,(H,20,22)(H2,19,21,24)/t11-,15-/m1/s1. The zero-order valence-electron chi connectivity index (χ0n) is 14.0. The Labute approximate surface area is 153 Å². The van der Waals surface area contributed by atoms with Crippen molar-refractivity contribution >= 4 is 34.8 Å². The zero-order valence-corrected chi connectivity index (χ0v) is 15.6. The predicted octanol–water partition coefficient (Wildman–Crippen LogP) is 3.10. The molecule has 1 fully saturated rings. The van der Waals surface area contributed by atoms with Crippen molar-refractivity contribution in [2.45, 2.75) is 45.6 Å². The second-order valence-corrected chi connectivity index (χ2v) is 7.03. The molecule has 0 bridgehead atoms. The molecule has 0 aliphatic heterocycles. The predicted molar refractivity (Wildman–Crippen MR) is 100 cm³/mol. The van der Waals surface area contributed by atoms with Crippen molar-refractivity contribution < 1.29 is 9.53 Å². The number of hydrazine groups is 1. The maximum Gasteiger partial charge on any atom is 0.276 e. The van der Waals surface area contributed by atoms with Crippen LogP contribution >= 0.6 is 23.8 Å². The molecule has 1 amide bonds. The fourth-order valence-electron chi connectivity index (χ4n) is 2.75. The van der Waals surface area contributed by atoms with Crippen molar-refractivity contribution in [2.24, 2.45) is 5.92 Å². The van der Waals surface area contributed by atoms with Crippen LogP contribution in [-0.2, 0) is 4.79 Å². The minimum atomic E-state index is -0.302. The number of benzene rings is 1. The number of aryl methyl sites for hydroxylation is 1. The van der Waals surface area contributed by atoms with Crippen LogP contribution in [0.5, 0.6) is 5.75 Å². The summed E-state index contributed by atoms with van der Waals surface area (Å²) in [5.74, 6) is 0.887. The van der Waals surface area contributed by atoms with Crippen molar-refractivity contribution in [1.29, 1.82) is 0 Å². The minimum absolute atomic E-state index is 0.101. The lowest BCUT2D eigenvalue weighted by molar-refractivity contribution is -0.123. The Morgan fingerprint density at radius 1 is 1.33 bits per heavy atom. The first kappa shape index (κ1) is 18.8. The number of ether oxygens (including phenoxy) is 1. The second-order valence-electron chi connectivity index (χ2n) is 6.21. The van der Waals surface area contributed by atoms with Crippen molar-refractivity contribution in [2.75, 3.05) is 6.61 Å². The quantitative estimate of drug-likeness (QED) is 0.562. The average Bonchev–Trinajstić information content (AvgIpc) is 2.56. The van der Waals surface area contributed by atoms with Crippen LogP contribution < -0.4 is 20.9 Å². The Morgan fingerprint density at radius 2 is 2.08 bits per heavy atom. The molecule has 1 saturated carbocycles. The summed E-state index contributed by atoms with van der Waals surface area (Å²) in [7, 11) is 0. The van der Waals surface area contributed by atoms with E-state index < -0.39 is 0 Å².